The molecule has 3 aromatic rings. The number of carbonyl (C=O) groups is 1. The Labute approximate surface area is 136 Å². The molecular weight excluding hydrogens is 316 g/mol. The van der Waals surface area contributed by atoms with E-state index >= 15 is 0 Å². The van der Waals surface area contributed by atoms with E-state index in [-0.39, 0.29) is 5.91 Å². The highest BCUT2D eigenvalue weighted by Gasteiger charge is 2.18. The van der Waals surface area contributed by atoms with Crippen molar-refractivity contribution in [3.8, 4) is 0 Å². The number of nitrogens with one attached hydrogen (secondary N) is 1. The SMILES string of the molecule is O=C(CSc1nnc2sc3ccccc3n12)NC1CCCC1. The average Bonchev–Trinajstić information content (AvgIpc) is 3.21. The minimum absolute atomic E-state index is 0.0909. The third-order valence-electron chi connectivity index (χ3n) is 3.96. The first-order chi connectivity index (χ1) is 10.8. The largest absolute Gasteiger partial charge is 0.353 e. The number of thioether (sulfide) groups is 1. The number of aromatic nitrogens is 3. The number of thiazole rings is 1. The van der Waals surface area contributed by atoms with Crippen LogP contribution in [0.1, 0.15) is 25.7 Å². The number of benzene rings is 1. The molecule has 0 atom stereocenters. The normalized spacial score (nSPS) is 15.8. The zero-order chi connectivity index (χ0) is 14.9. The number of hydrogen-bond donors (Lipinski definition) is 1. The van der Waals surface area contributed by atoms with Crippen molar-refractivity contribution in [3.05, 3.63) is 24.3 Å². The molecule has 22 heavy (non-hydrogen) atoms. The van der Waals surface area contributed by atoms with Gasteiger partial charge in [0.05, 0.1) is 16.0 Å². The second-order valence-electron chi connectivity index (χ2n) is 5.51. The Morgan fingerprint density at radius 2 is 2.14 bits per heavy atom. The maximum atomic E-state index is 12.0. The van der Waals surface area contributed by atoms with Crippen molar-refractivity contribution in [1.82, 2.24) is 19.9 Å². The van der Waals surface area contributed by atoms with E-state index in [1.165, 1.54) is 29.3 Å². The third kappa shape index (κ3) is 2.59. The van der Waals surface area contributed by atoms with Crippen LogP contribution in [0, 0.1) is 0 Å². The van der Waals surface area contributed by atoms with Gasteiger partial charge in [-0.2, -0.15) is 0 Å². The maximum absolute atomic E-state index is 12.0. The lowest BCUT2D eigenvalue weighted by Gasteiger charge is -2.10. The van der Waals surface area contributed by atoms with Gasteiger partial charge >= 0.3 is 0 Å². The Morgan fingerprint density at radius 1 is 1.32 bits per heavy atom. The summed E-state index contributed by atoms with van der Waals surface area (Å²) in [6.07, 6.45) is 4.68. The number of hydrogen-bond acceptors (Lipinski definition) is 5. The van der Waals surface area contributed by atoms with E-state index in [1.54, 1.807) is 11.3 Å². The molecule has 2 heterocycles. The van der Waals surface area contributed by atoms with Crippen molar-refractivity contribution < 1.29 is 4.79 Å². The third-order valence-corrected chi connectivity index (χ3v) is 5.90. The summed E-state index contributed by atoms with van der Waals surface area (Å²) < 4.78 is 3.22. The van der Waals surface area contributed by atoms with Crippen LogP contribution in [0.15, 0.2) is 29.4 Å². The van der Waals surface area contributed by atoms with Crippen LogP contribution >= 0.6 is 23.1 Å². The quantitative estimate of drug-likeness (QED) is 0.746. The van der Waals surface area contributed by atoms with Gasteiger partial charge in [0.25, 0.3) is 0 Å². The number of rotatable bonds is 4. The fourth-order valence-electron chi connectivity index (χ4n) is 2.92. The van der Waals surface area contributed by atoms with Crippen LogP contribution in [-0.2, 0) is 4.79 Å². The Morgan fingerprint density at radius 3 is 3.00 bits per heavy atom. The summed E-state index contributed by atoms with van der Waals surface area (Å²) in [7, 11) is 0. The molecule has 1 fully saturated rings. The summed E-state index contributed by atoms with van der Waals surface area (Å²) in [6, 6.07) is 8.54. The summed E-state index contributed by atoms with van der Waals surface area (Å²) in [5.41, 5.74) is 1.10. The highest BCUT2D eigenvalue weighted by molar-refractivity contribution is 7.99. The summed E-state index contributed by atoms with van der Waals surface area (Å²) in [6.45, 7) is 0. The number of para-hydroxylation sites is 1. The van der Waals surface area contributed by atoms with Crippen LogP contribution in [0.5, 0.6) is 0 Å². The van der Waals surface area contributed by atoms with Gasteiger partial charge in [0, 0.05) is 6.04 Å². The zero-order valence-electron chi connectivity index (χ0n) is 12.0. The van der Waals surface area contributed by atoms with Crippen molar-refractivity contribution in [3.63, 3.8) is 0 Å². The van der Waals surface area contributed by atoms with Crippen molar-refractivity contribution in [2.45, 2.75) is 36.9 Å². The minimum Gasteiger partial charge on any atom is -0.353 e. The standard InChI is InChI=1S/C15H16N4OS2/c20-13(16-10-5-1-2-6-10)9-21-14-17-18-15-19(14)11-7-3-4-8-12(11)22-15/h3-4,7-8,10H,1-2,5-6,9H2,(H,16,20). The molecule has 4 rings (SSSR count). The number of nitrogens with zero attached hydrogens (tertiary/aromatic N) is 3. The first kappa shape index (κ1) is 14.0. The van der Waals surface area contributed by atoms with Crippen LogP contribution in [0.3, 0.4) is 0 Å². The Balaban J connectivity index is 1.50. The first-order valence-electron chi connectivity index (χ1n) is 7.46. The van der Waals surface area contributed by atoms with E-state index in [1.807, 2.05) is 16.5 Å². The summed E-state index contributed by atoms with van der Waals surface area (Å²) in [5, 5.41) is 12.3. The van der Waals surface area contributed by atoms with Gasteiger partial charge in [0.1, 0.15) is 0 Å². The Hall–Kier alpha value is -1.60. The molecule has 0 unspecified atom stereocenters. The Bertz CT molecular complexity index is 819. The highest BCUT2D eigenvalue weighted by atomic mass is 32.2. The van der Waals surface area contributed by atoms with Crippen molar-refractivity contribution in [1.29, 1.82) is 0 Å². The molecule has 5 nitrogen and oxygen atoms in total. The molecule has 1 aliphatic carbocycles. The van der Waals surface area contributed by atoms with Crippen molar-refractivity contribution in [2.75, 3.05) is 5.75 Å². The van der Waals surface area contributed by atoms with Crippen LogP contribution in [0.4, 0.5) is 0 Å². The van der Waals surface area contributed by atoms with Crippen LogP contribution in [0.2, 0.25) is 0 Å². The maximum Gasteiger partial charge on any atom is 0.230 e. The van der Waals surface area contributed by atoms with Crippen LogP contribution < -0.4 is 5.32 Å². The number of carbonyl (C=O) groups excluding carboxylic acids is 1. The topological polar surface area (TPSA) is 59.3 Å². The summed E-state index contributed by atoms with van der Waals surface area (Å²) >= 11 is 3.07. The van der Waals surface area contributed by atoms with Crippen LogP contribution in [-0.4, -0.2) is 32.3 Å². The lowest BCUT2D eigenvalue weighted by Crippen LogP contribution is -2.33. The molecule has 0 aliphatic heterocycles. The van der Waals surface area contributed by atoms with E-state index in [2.05, 4.69) is 27.6 Å². The molecule has 0 spiro atoms. The molecule has 0 radical (unpaired) electrons. The molecule has 7 heteroatoms. The first-order valence-corrected chi connectivity index (χ1v) is 9.26. The second-order valence-corrected chi connectivity index (χ2v) is 7.46. The van der Waals surface area contributed by atoms with E-state index in [4.69, 9.17) is 0 Å². The van der Waals surface area contributed by atoms with E-state index in [0.717, 1.165) is 28.5 Å². The molecule has 1 aromatic carbocycles. The molecule has 0 bridgehead atoms. The fourth-order valence-corrected chi connectivity index (χ4v) is 4.70. The predicted octanol–water partition coefficient (Wildman–Crippen LogP) is 3.09. The van der Waals surface area contributed by atoms with Crippen molar-refractivity contribution in [2.24, 2.45) is 0 Å². The number of fused-ring (bicyclic) bond motifs is 3. The fraction of sp³-hybridized carbons (Fsp3) is 0.400. The summed E-state index contributed by atoms with van der Waals surface area (Å²) in [5.74, 6) is 0.481. The minimum atomic E-state index is 0.0909. The summed E-state index contributed by atoms with van der Waals surface area (Å²) in [4.78, 5) is 12.9. The van der Waals surface area contributed by atoms with Gasteiger partial charge < -0.3 is 5.32 Å². The van der Waals surface area contributed by atoms with Gasteiger partial charge in [-0.05, 0) is 25.0 Å². The monoisotopic (exact) mass is 332 g/mol. The van der Waals surface area contributed by atoms with Gasteiger partial charge in [0.2, 0.25) is 10.9 Å². The van der Waals surface area contributed by atoms with Gasteiger partial charge in [0.15, 0.2) is 5.16 Å². The van der Waals surface area contributed by atoms with E-state index in [0.29, 0.717) is 11.8 Å². The van der Waals surface area contributed by atoms with Gasteiger partial charge in [-0.3, -0.25) is 9.20 Å². The molecule has 1 aliphatic rings. The van der Waals surface area contributed by atoms with Gasteiger partial charge in [-0.25, -0.2) is 0 Å². The lowest BCUT2D eigenvalue weighted by molar-refractivity contribution is -0.119. The second kappa shape index (κ2) is 5.89. The highest BCUT2D eigenvalue weighted by Crippen LogP contribution is 2.29. The number of amides is 1. The van der Waals surface area contributed by atoms with E-state index < -0.39 is 0 Å². The van der Waals surface area contributed by atoms with Gasteiger partial charge in [-0.15, -0.1) is 10.2 Å². The average molecular weight is 332 g/mol. The molecule has 114 valence electrons. The van der Waals surface area contributed by atoms with E-state index in [9.17, 15) is 4.79 Å². The molecule has 1 amide bonds. The predicted molar refractivity (Wildman–Crippen MR) is 89.5 cm³/mol. The molecule has 0 saturated heterocycles. The molecule has 1 saturated carbocycles. The molecule has 1 N–H and O–H groups in total. The smallest absolute Gasteiger partial charge is 0.230 e. The molecule has 2 aromatic heterocycles. The van der Waals surface area contributed by atoms with Gasteiger partial charge in [-0.1, -0.05) is 48.1 Å². The zero-order valence-corrected chi connectivity index (χ0v) is 13.6. The Kier molecular flexibility index (Phi) is 3.75. The van der Waals surface area contributed by atoms with Crippen LogP contribution in [0.25, 0.3) is 15.2 Å². The molecular formula is C15H16N4OS2. The van der Waals surface area contributed by atoms with Crippen molar-refractivity contribution >= 4 is 44.2 Å². The lowest BCUT2D eigenvalue weighted by atomic mass is 10.2.